The van der Waals surface area contributed by atoms with Crippen molar-refractivity contribution in [1.82, 2.24) is 20.1 Å². The summed E-state index contributed by atoms with van der Waals surface area (Å²) in [6.07, 6.45) is 9.32. The molecule has 2 amide bonds. The number of allylic oxidation sites excluding steroid dienone is 1. The van der Waals surface area contributed by atoms with Crippen molar-refractivity contribution in [1.29, 1.82) is 0 Å². The monoisotopic (exact) mass is 711 g/mol. The Morgan fingerprint density at radius 1 is 1.00 bits per heavy atom. The van der Waals surface area contributed by atoms with Gasteiger partial charge in [-0.15, -0.1) is 0 Å². The van der Waals surface area contributed by atoms with Crippen LogP contribution in [-0.2, 0) is 19.4 Å². The predicted molar refractivity (Wildman–Crippen MR) is 206 cm³/mol. The van der Waals surface area contributed by atoms with E-state index in [-0.39, 0.29) is 23.1 Å². The first kappa shape index (κ1) is 41.2. The lowest BCUT2D eigenvalue weighted by molar-refractivity contribution is 0.0505. The Hall–Kier alpha value is -3.18. The van der Waals surface area contributed by atoms with Crippen molar-refractivity contribution in [2.75, 3.05) is 4.90 Å². The summed E-state index contributed by atoms with van der Waals surface area (Å²) in [5.41, 5.74) is 0.642. The molecule has 280 valence electrons. The Morgan fingerprint density at radius 2 is 1.64 bits per heavy atom. The van der Waals surface area contributed by atoms with Gasteiger partial charge in [0.1, 0.15) is 17.0 Å². The molecule has 0 spiro atoms. The van der Waals surface area contributed by atoms with Crippen LogP contribution < -0.4 is 10.2 Å². The van der Waals surface area contributed by atoms with Crippen LogP contribution in [0.15, 0.2) is 30.5 Å². The summed E-state index contributed by atoms with van der Waals surface area (Å²) < 4.78 is 20.1. The van der Waals surface area contributed by atoms with E-state index in [1.165, 1.54) is 0 Å². The highest BCUT2D eigenvalue weighted by atomic mass is 28.4. The van der Waals surface area contributed by atoms with Crippen LogP contribution in [0.25, 0.3) is 6.08 Å². The van der Waals surface area contributed by atoms with Gasteiger partial charge in [-0.1, -0.05) is 26.8 Å². The summed E-state index contributed by atoms with van der Waals surface area (Å²) >= 11 is 0. The first-order valence-electron chi connectivity index (χ1n) is 18.2. The van der Waals surface area contributed by atoms with E-state index in [4.69, 9.17) is 19.0 Å². The third kappa shape index (κ3) is 12.0. The summed E-state index contributed by atoms with van der Waals surface area (Å²) in [5, 5.41) is 8.19. The summed E-state index contributed by atoms with van der Waals surface area (Å²) in [5.74, 6) is 0.884. The number of pyridine rings is 1. The van der Waals surface area contributed by atoms with Gasteiger partial charge in [-0.2, -0.15) is 5.10 Å². The molecule has 50 heavy (non-hydrogen) atoms. The summed E-state index contributed by atoms with van der Waals surface area (Å²) in [7, 11) is -1.90. The van der Waals surface area contributed by atoms with Gasteiger partial charge in [-0.05, 0) is 138 Å². The van der Waals surface area contributed by atoms with Gasteiger partial charge in [0.2, 0.25) is 0 Å². The van der Waals surface area contributed by atoms with Crippen molar-refractivity contribution >= 4 is 38.1 Å². The van der Waals surface area contributed by atoms with Gasteiger partial charge < -0.3 is 19.2 Å². The highest BCUT2D eigenvalue weighted by molar-refractivity contribution is 6.74. The highest BCUT2D eigenvalue weighted by Gasteiger charge is 2.42. The molecule has 2 aromatic rings. The molecule has 3 atom stereocenters. The van der Waals surface area contributed by atoms with Gasteiger partial charge in [0, 0.05) is 30.3 Å². The number of aromatic nitrogens is 3. The third-order valence-electron chi connectivity index (χ3n) is 9.06. The fourth-order valence-corrected chi connectivity index (χ4v) is 6.99. The predicted octanol–water partition coefficient (Wildman–Crippen LogP) is 10.5. The first-order valence-corrected chi connectivity index (χ1v) is 21.1. The molecule has 0 saturated heterocycles. The lowest BCUT2D eigenvalue weighted by atomic mass is 10.0. The molecule has 1 saturated carbocycles. The minimum atomic E-state index is -1.90. The van der Waals surface area contributed by atoms with Crippen molar-refractivity contribution < 1.29 is 23.5 Å². The molecule has 10 nitrogen and oxygen atoms in total. The van der Waals surface area contributed by atoms with Gasteiger partial charge in [0.15, 0.2) is 8.32 Å². The zero-order chi connectivity index (χ0) is 37.9. The maximum Gasteiger partial charge on any atom is 0.420 e. The number of nitrogens with one attached hydrogen (secondary N) is 1. The molecular formula is C39H65N5O5Si. The van der Waals surface area contributed by atoms with E-state index < -0.39 is 37.2 Å². The molecule has 0 unspecified atom stereocenters. The van der Waals surface area contributed by atoms with Crippen LogP contribution in [-0.4, -0.2) is 58.6 Å². The van der Waals surface area contributed by atoms with Crippen LogP contribution >= 0.6 is 0 Å². The SMILES string of the molecule is C[C@H](CC/C=C/c1cc(N(C(=O)OC(C)(C)C)c2cc([C@H]3CC[C@@H](O[Si](C)(C)C(C)(C)C)C3)nn2C(C)(C)C)ccn1)NC(=O)OC(C)(C)C. The second kappa shape index (κ2) is 15.6. The molecule has 0 aromatic carbocycles. The Balaban J connectivity index is 1.90. The molecule has 0 aliphatic heterocycles. The van der Waals surface area contributed by atoms with E-state index in [9.17, 15) is 9.59 Å². The van der Waals surface area contributed by atoms with Crippen molar-refractivity contribution in [3.8, 4) is 0 Å². The number of hydrogen-bond donors (Lipinski definition) is 1. The third-order valence-corrected chi connectivity index (χ3v) is 13.6. The second-order valence-corrected chi connectivity index (χ2v) is 23.1. The van der Waals surface area contributed by atoms with Crippen molar-refractivity contribution in [3.63, 3.8) is 0 Å². The van der Waals surface area contributed by atoms with E-state index in [0.717, 1.165) is 37.8 Å². The minimum absolute atomic E-state index is 0.0582. The van der Waals surface area contributed by atoms with E-state index >= 15 is 0 Å². The van der Waals surface area contributed by atoms with Gasteiger partial charge in [0.05, 0.1) is 22.6 Å². The van der Waals surface area contributed by atoms with Gasteiger partial charge in [0.25, 0.3) is 0 Å². The van der Waals surface area contributed by atoms with Crippen molar-refractivity contribution in [3.05, 3.63) is 41.9 Å². The zero-order valence-corrected chi connectivity index (χ0v) is 34.6. The van der Waals surface area contributed by atoms with Crippen LogP contribution in [0.2, 0.25) is 18.1 Å². The first-order chi connectivity index (χ1) is 22.8. The molecule has 0 radical (unpaired) electrons. The van der Waals surface area contributed by atoms with Gasteiger partial charge in [-0.25, -0.2) is 19.2 Å². The Morgan fingerprint density at radius 3 is 2.22 bits per heavy atom. The average Bonchev–Trinajstić information content (AvgIpc) is 3.56. The molecule has 2 aromatic heterocycles. The van der Waals surface area contributed by atoms with Crippen molar-refractivity contribution in [2.24, 2.45) is 0 Å². The average molecular weight is 712 g/mol. The number of nitrogens with zero attached hydrogens (tertiary/aromatic N) is 4. The molecule has 1 aliphatic rings. The smallest absolute Gasteiger partial charge is 0.420 e. The number of ether oxygens (including phenoxy) is 2. The van der Waals surface area contributed by atoms with E-state index in [1.807, 2.05) is 77.4 Å². The quantitative estimate of drug-likeness (QED) is 0.244. The standard InChI is InChI=1S/C39H65N5O5Si/c1-27(41-34(45)47-37(5,6)7)18-16-17-19-29-25-30(22-23-40-29)43(35(46)48-38(8,9)10)33-26-32(42-44(33)36(2,3)4)28-20-21-31(24-28)49-50(14,15)39(11,12)13/h17,19,22-23,25-28,31H,16,18,20-21,24H2,1-15H3,(H,41,45)/b19-17+/t27-,28+,31-/m1/s1. The molecule has 2 heterocycles. The molecule has 0 bridgehead atoms. The maximum atomic E-state index is 14.1. The van der Waals surface area contributed by atoms with E-state index in [2.05, 4.69) is 71.0 Å². The normalized spacial score (nSPS) is 18.3. The largest absolute Gasteiger partial charge is 0.444 e. The topological polar surface area (TPSA) is 108 Å². The number of anilines is 2. The molecule has 3 rings (SSSR count). The fourth-order valence-electron chi connectivity index (χ4n) is 5.59. The lowest BCUT2D eigenvalue weighted by Gasteiger charge is -2.38. The molecule has 11 heteroatoms. The number of carbonyl (C=O) groups excluding carboxylic acids is 2. The maximum absolute atomic E-state index is 14.1. The number of hydrogen-bond acceptors (Lipinski definition) is 7. The number of rotatable bonds is 10. The van der Waals surface area contributed by atoms with E-state index in [0.29, 0.717) is 17.2 Å². The Labute approximate surface area is 302 Å². The van der Waals surface area contributed by atoms with Gasteiger partial charge in [-0.3, -0.25) is 4.98 Å². The van der Waals surface area contributed by atoms with Crippen molar-refractivity contribution in [2.45, 2.75) is 175 Å². The summed E-state index contributed by atoms with van der Waals surface area (Å²) in [6.45, 7) is 30.9. The summed E-state index contributed by atoms with van der Waals surface area (Å²) in [6, 6.07) is 5.72. The Kier molecular flexibility index (Phi) is 12.9. The van der Waals surface area contributed by atoms with E-state index in [1.54, 1.807) is 11.1 Å². The fraction of sp³-hybridized carbons (Fsp3) is 0.692. The van der Waals surface area contributed by atoms with Crippen LogP contribution in [0.5, 0.6) is 0 Å². The van der Waals surface area contributed by atoms with Crippen LogP contribution in [0, 0.1) is 0 Å². The van der Waals surface area contributed by atoms with Crippen LogP contribution in [0.3, 0.4) is 0 Å². The minimum Gasteiger partial charge on any atom is -0.444 e. The van der Waals surface area contributed by atoms with Crippen LogP contribution in [0.1, 0.15) is 139 Å². The number of amides is 2. The zero-order valence-electron chi connectivity index (χ0n) is 33.6. The molecule has 1 aliphatic carbocycles. The van der Waals surface area contributed by atoms with Crippen LogP contribution in [0.4, 0.5) is 21.1 Å². The number of alkyl carbamates (subject to hydrolysis) is 1. The number of carbonyl (C=O) groups is 2. The van der Waals surface area contributed by atoms with Gasteiger partial charge >= 0.3 is 12.2 Å². The highest BCUT2D eigenvalue weighted by Crippen LogP contribution is 2.44. The molecule has 1 N–H and O–H groups in total. The molecule has 1 fully saturated rings. The summed E-state index contributed by atoms with van der Waals surface area (Å²) in [4.78, 5) is 32.4. The molecular weight excluding hydrogens is 647 g/mol. The Bertz CT molecular complexity index is 1490. The second-order valence-electron chi connectivity index (χ2n) is 18.3. The lowest BCUT2D eigenvalue weighted by Crippen LogP contribution is -2.43.